The summed E-state index contributed by atoms with van der Waals surface area (Å²) < 4.78 is 7.24. The Morgan fingerprint density at radius 3 is 1.94 bits per heavy atom. The number of carbonyl (C=O) groups excluding carboxylic acids is 1. The molecule has 48 heavy (non-hydrogen) atoms. The van der Waals surface area contributed by atoms with Crippen LogP contribution in [0.25, 0.3) is 38.4 Å². The van der Waals surface area contributed by atoms with Gasteiger partial charge >= 0.3 is 5.97 Å². The average Bonchev–Trinajstić information content (AvgIpc) is 3.66. The molecular formula is C43H37BN2O2. The van der Waals surface area contributed by atoms with Crippen LogP contribution in [0.2, 0.25) is 0 Å². The zero-order valence-corrected chi connectivity index (χ0v) is 28.1. The van der Waals surface area contributed by atoms with Gasteiger partial charge in [-0.05, 0) is 100 Å². The van der Waals surface area contributed by atoms with Crippen LogP contribution >= 0.6 is 0 Å². The largest absolute Gasteiger partial charge is 0.427 e. The van der Waals surface area contributed by atoms with E-state index in [9.17, 15) is 4.79 Å². The minimum atomic E-state index is -0.356. The van der Waals surface area contributed by atoms with Crippen molar-refractivity contribution in [2.45, 2.75) is 47.5 Å². The number of hydrogen-bond donors (Lipinski definition) is 0. The van der Waals surface area contributed by atoms with Crippen molar-refractivity contribution in [3.8, 4) is 17.0 Å². The molecule has 0 saturated heterocycles. The second-order valence-electron chi connectivity index (χ2n) is 12.4. The Morgan fingerprint density at radius 2 is 1.35 bits per heavy atom. The van der Waals surface area contributed by atoms with Crippen LogP contribution in [0.4, 0.5) is 0 Å². The fraction of sp³-hybridized carbons (Fsp3) is 0.163. The predicted molar refractivity (Wildman–Crippen MR) is 200 cm³/mol. The van der Waals surface area contributed by atoms with Gasteiger partial charge in [0.2, 0.25) is 7.98 Å². The molecule has 0 bridgehead atoms. The standard InChI is InChI=1S/C43H37BN2O2/c1-6-29-24-37(45-42(29)35-18-10-16-31-14-8-12-26(3)39(31)35)41(33-20-22-34(23-21-33)48-28(5)47)38-25-30(7-2)43(46(38)44)36-19-11-17-32-15-9-13-27(4)40(32)36/h8-25H,6-7H2,1-5H3/b41-37-. The first kappa shape index (κ1) is 31.2. The molecule has 4 nitrogen and oxygen atoms in total. The Kier molecular flexibility index (Phi) is 8.22. The monoisotopic (exact) mass is 624 g/mol. The van der Waals surface area contributed by atoms with Gasteiger partial charge in [-0.15, -0.1) is 0 Å². The van der Waals surface area contributed by atoms with Crippen molar-refractivity contribution >= 4 is 46.8 Å². The van der Waals surface area contributed by atoms with Crippen molar-refractivity contribution in [3.05, 3.63) is 154 Å². The molecule has 0 spiro atoms. The predicted octanol–water partition coefficient (Wildman–Crippen LogP) is 10.1. The smallest absolute Gasteiger partial charge is 0.308 e. The number of aromatic nitrogens is 1. The van der Waals surface area contributed by atoms with Crippen molar-refractivity contribution in [1.82, 2.24) is 4.48 Å². The molecule has 6 aromatic rings. The number of aliphatic imine (C=N–C) groups is 1. The summed E-state index contributed by atoms with van der Waals surface area (Å²) in [5, 5.41) is 4.80. The first-order chi connectivity index (χ1) is 23.3. The molecule has 0 fully saturated rings. The number of benzene rings is 5. The Hall–Kier alpha value is -5.42. The lowest BCUT2D eigenvalue weighted by Gasteiger charge is -2.16. The number of esters is 1. The third-order valence-electron chi connectivity index (χ3n) is 9.38. The van der Waals surface area contributed by atoms with E-state index in [-0.39, 0.29) is 5.97 Å². The minimum Gasteiger partial charge on any atom is -0.427 e. The van der Waals surface area contributed by atoms with E-state index in [1.54, 1.807) is 0 Å². The van der Waals surface area contributed by atoms with Crippen molar-refractivity contribution < 1.29 is 9.53 Å². The molecule has 7 rings (SSSR count). The highest BCUT2D eigenvalue weighted by Crippen LogP contribution is 2.41. The van der Waals surface area contributed by atoms with Crippen LogP contribution < -0.4 is 4.74 Å². The highest BCUT2D eigenvalue weighted by atomic mass is 16.5. The maximum Gasteiger partial charge on any atom is 0.308 e. The Balaban J connectivity index is 1.51. The maximum atomic E-state index is 11.7. The van der Waals surface area contributed by atoms with Gasteiger partial charge in [-0.3, -0.25) is 4.79 Å². The third kappa shape index (κ3) is 5.39. The van der Waals surface area contributed by atoms with Crippen LogP contribution in [0.3, 0.4) is 0 Å². The lowest BCUT2D eigenvalue weighted by atomic mass is 9.93. The van der Waals surface area contributed by atoms with Gasteiger partial charge in [-0.25, -0.2) is 4.99 Å². The number of rotatable bonds is 7. The maximum absolute atomic E-state index is 11.7. The second kappa shape index (κ2) is 12.6. The summed E-state index contributed by atoms with van der Waals surface area (Å²) in [6.07, 6.45) is 3.85. The molecule has 0 N–H and O–H groups in total. The zero-order valence-electron chi connectivity index (χ0n) is 28.1. The summed E-state index contributed by atoms with van der Waals surface area (Å²) in [4.78, 5) is 17.1. The summed E-state index contributed by atoms with van der Waals surface area (Å²) in [6.45, 7) is 10.1. The molecule has 2 heterocycles. The van der Waals surface area contributed by atoms with Crippen LogP contribution in [0.15, 0.2) is 125 Å². The molecule has 5 aromatic carbocycles. The summed E-state index contributed by atoms with van der Waals surface area (Å²) in [5.41, 5.74) is 12.5. The van der Waals surface area contributed by atoms with E-state index in [0.717, 1.165) is 63.5 Å². The first-order valence-corrected chi connectivity index (χ1v) is 16.6. The van der Waals surface area contributed by atoms with Crippen molar-refractivity contribution in [2.75, 3.05) is 0 Å². The highest BCUT2D eigenvalue weighted by Gasteiger charge is 2.25. The summed E-state index contributed by atoms with van der Waals surface area (Å²) in [5.74, 6) is 0.136. The zero-order chi connectivity index (χ0) is 33.5. The quantitative estimate of drug-likeness (QED) is 0.101. The van der Waals surface area contributed by atoms with E-state index in [4.69, 9.17) is 17.7 Å². The average molecular weight is 625 g/mol. The topological polar surface area (TPSA) is 43.6 Å². The number of ether oxygens (including phenoxy) is 1. The van der Waals surface area contributed by atoms with Crippen LogP contribution in [0, 0.1) is 13.8 Å². The molecule has 234 valence electrons. The number of aryl methyl sites for hydroxylation is 3. The van der Waals surface area contributed by atoms with Gasteiger partial charge in [-0.2, -0.15) is 0 Å². The summed E-state index contributed by atoms with van der Waals surface area (Å²) in [6, 6.07) is 35.5. The third-order valence-corrected chi connectivity index (χ3v) is 9.38. The van der Waals surface area contributed by atoms with Crippen molar-refractivity contribution in [2.24, 2.45) is 4.99 Å². The number of allylic oxidation sites excluding steroid dienone is 2. The molecular weight excluding hydrogens is 587 g/mol. The normalized spacial score (nSPS) is 13.9. The lowest BCUT2D eigenvalue weighted by molar-refractivity contribution is -0.131. The molecule has 0 saturated carbocycles. The fourth-order valence-corrected chi connectivity index (χ4v) is 7.17. The van der Waals surface area contributed by atoms with E-state index in [0.29, 0.717) is 5.75 Å². The fourth-order valence-electron chi connectivity index (χ4n) is 7.17. The van der Waals surface area contributed by atoms with E-state index in [1.165, 1.54) is 45.2 Å². The first-order valence-electron chi connectivity index (χ1n) is 16.6. The molecule has 0 aliphatic carbocycles. The number of hydrogen-bond acceptors (Lipinski definition) is 3. The van der Waals surface area contributed by atoms with E-state index < -0.39 is 0 Å². The van der Waals surface area contributed by atoms with Crippen LogP contribution in [0.1, 0.15) is 60.7 Å². The summed E-state index contributed by atoms with van der Waals surface area (Å²) >= 11 is 0. The number of carbonyl (C=O) groups is 1. The molecule has 0 amide bonds. The van der Waals surface area contributed by atoms with Gasteiger partial charge in [0, 0.05) is 35.0 Å². The lowest BCUT2D eigenvalue weighted by Crippen LogP contribution is -2.05. The van der Waals surface area contributed by atoms with Crippen LogP contribution in [-0.2, 0) is 11.2 Å². The molecule has 1 aromatic heterocycles. The van der Waals surface area contributed by atoms with E-state index in [2.05, 4.69) is 113 Å². The van der Waals surface area contributed by atoms with E-state index >= 15 is 0 Å². The van der Waals surface area contributed by atoms with Crippen LogP contribution in [0.5, 0.6) is 5.75 Å². The van der Waals surface area contributed by atoms with Gasteiger partial charge in [0.1, 0.15) is 5.75 Å². The molecule has 0 atom stereocenters. The Morgan fingerprint density at radius 1 is 0.771 bits per heavy atom. The van der Waals surface area contributed by atoms with Crippen molar-refractivity contribution in [3.63, 3.8) is 0 Å². The minimum absolute atomic E-state index is 0.356. The Labute approximate surface area is 283 Å². The molecule has 1 aliphatic heterocycles. The van der Waals surface area contributed by atoms with Gasteiger partial charge < -0.3 is 9.21 Å². The highest BCUT2D eigenvalue weighted by molar-refractivity contribution is 6.22. The molecule has 0 unspecified atom stereocenters. The second-order valence-corrected chi connectivity index (χ2v) is 12.4. The summed E-state index contributed by atoms with van der Waals surface area (Å²) in [7, 11) is 7.21. The van der Waals surface area contributed by atoms with Gasteiger partial charge in [0.05, 0.1) is 11.4 Å². The molecule has 5 heteroatoms. The van der Waals surface area contributed by atoms with Gasteiger partial charge in [-0.1, -0.05) is 98.8 Å². The SMILES string of the molecule is [B]n1c(/C(=C2/C=C(CC)C(c3cccc4cccc(C)c34)=N2)c2ccc(OC(C)=O)cc2)cc(CC)c1-c1cccc2cccc(C)c12. The van der Waals surface area contributed by atoms with E-state index in [1.807, 2.05) is 28.7 Å². The van der Waals surface area contributed by atoms with Crippen LogP contribution in [-0.4, -0.2) is 24.1 Å². The van der Waals surface area contributed by atoms with Gasteiger partial charge in [0.25, 0.3) is 0 Å². The van der Waals surface area contributed by atoms with Gasteiger partial charge in [0.15, 0.2) is 0 Å². The van der Waals surface area contributed by atoms with Crippen molar-refractivity contribution in [1.29, 1.82) is 0 Å². The number of nitrogens with zero attached hydrogens (tertiary/aromatic N) is 2. The molecule has 1 aliphatic rings. The Bertz CT molecular complexity index is 2330. The molecule has 2 radical (unpaired) electrons. The number of fused-ring (bicyclic) bond motifs is 2.